The van der Waals surface area contributed by atoms with Gasteiger partial charge < -0.3 is 0 Å². The standard InChI is InChI=1S/C57H44/c1-56(2,3)47-31-45-21-19-40-22-26-48(51-29-25-46(32-47)54(45)55(40)51)39-17-14-38(15-18-39)44-24-28-50-49-27-23-43(33-52(49)57(4,5)53(50)34-44)37-12-10-36(11-13-37)42-20-16-35-8-6-7-9-41(35)30-42/h6-34H,1-5H3. The first-order valence-electron chi connectivity index (χ1n) is 20.3. The Kier molecular flexibility index (Phi) is 7.26. The summed E-state index contributed by atoms with van der Waals surface area (Å²) < 4.78 is 0. The molecule has 0 amide bonds. The van der Waals surface area contributed by atoms with Crippen molar-refractivity contribution in [1.82, 2.24) is 0 Å². The smallest absolute Gasteiger partial charge is 0.0159 e. The highest BCUT2D eigenvalue weighted by atomic mass is 14.4. The molecule has 1 aliphatic rings. The summed E-state index contributed by atoms with van der Waals surface area (Å²) in [6.45, 7) is 11.7. The van der Waals surface area contributed by atoms with Crippen molar-refractivity contribution in [3.63, 3.8) is 0 Å². The van der Waals surface area contributed by atoms with Crippen LogP contribution in [-0.2, 0) is 10.8 Å². The highest BCUT2D eigenvalue weighted by molar-refractivity contribution is 6.25. The molecule has 0 fully saturated rings. The van der Waals surface area contributed by atoms with Crippen LogP contribution in [0.15, 0.2) is 176 Å². The molecular formula is C57H44. The van der Waals surface area contributed by atoms with E-state index in [1.54, 1.807) is 0 Å². The first-order chi connectivity index (χ1) is 27.6. The van der Waals surface area contributed by atoms with E-state index < -0.39 is 0 Å². The Labute approximate surface area is 335 Å². The van der Waals surface area contributed by atoms with E-state index in [-0.39, 0.29) is 10.8 Å². The minimum absolute atomic E-state index is 0.104. The molecule has 0 saturated heterocycles. The van der Waals surface area contributed by atoms with E-state index in [2.05, 4.69) is 211 Å². The van der Waals surface area contributed by atoms with Gasteiger partial charge in [-0.3, -0.25) is 0 Å². The van der Waals surface area contributed by atoms with Gasteiger partial charge in [0.15, 0.2) is 0 Å². The van der Waals surface area contributed by atoms with E-state index in [1.807, 2.05) is 0 Å². The number of hydrogen-bond acceptors (Lipinski definition) is 0. The van der Waals surface area contributed by atoms with Gasteiger partial charge in [0.2, 0.25) is 0 Å². The van der Waals surface area contributed by atoms with Gasteiger partial charge in [-0.2, -0.15) is 0 Å². The number of fused-ring (bicyclic) bond motifs is 4. The first-order valence-corrected chi connectivity index (χ1v) is 20.3. The average Bonchev–Trinajstić information content (AvgIpc) is 3.46. The monoisotopic (exact) mass is 728 g/mol. The molecule has 0 atom stereocenters. The van der Waals surface area contributed by atoms with Gasteiger partial charge in [-0.05, 0) is 139 Å². The third kappa shape index (κ3) is 5.35. The number of rotatable bonds is 4. The predicted molar refractivity (Wildman–Crippen MR) is 246 cm³/mol. The lowest BCUT2D eigenvalue weighted by molar-refractivity contribution is 0.591. The lowest BCUT2D eigenvalue weighted by Crippen LogP contribution is -2.15. The molecule has 10 aromatic rings. The highest BCUT2D eigenvalue weighted by Crippen LogP contribution is 2.51. The van der Waals surface area contributed by atoms with Gasteiger partial charge in [-0.15, -0.1) is 0 Å². The van der Waals surface area contributed by atoms with Crippen molar-refractivity contribution >= 4 is 43.1 Å². The minimum Gasteiger partial charge on any atom is -0.0616 e. The second kappa shape index (κ2) is 12.2. The number of hydrogen-bond donors (Lipinski definition) is 0. The summed E-state index contributed by atoms with van der Waals surface area (Å²) in [5, 5.41) is 10.6. The van der Waals surface area contributed by atoms with Crippen molar-refractivity contribution in [3.05, 3.63) is 193 Å². The van der Waals surface area contributed by atoms with Gasteiger partial charge in [0.25, 0.3) is 0 Å². The van der Waals surface area contributed by atoms with Crippen LogP contribution < -0.4 is 0 Å². The highest BCUT2D eigenvalue weighted by Gasteiger charge is 2.36. The van der Waals surface area contributed by atoms with Crippen molar-refractivity contribution < 1.29 is 0 Å². The van der Waals surface area contributed by atoms with Gasteiger partial charge in [0, 0.05) is 5.41 Å². The summed E-state index contributed by atoms with van der Waals surface area (Å²) in [6, 6.07) is 66.4. The van der Waals surface area contributed by atoms with Crippen molar-refractivity contribution in [2.75, 3.05) is 0 Å². The predicted octanol–water partition coefficient (Wildman–Crippen LogP) is 16.0. The molecule has 11 rings (SSSR count). The largest absolute Gasteiger partial charge is 0.0616 e. The molecule has 0 nitrogen and oxygen atoms in total. The average molecular weight is 729 g/mol. The van der Waals surface area contributed by atoms with Crippen LogP contribution in [0.1, 0.15) is 51.3 Å². The fourth-order valence-corrected chi connectivity index (χ4v) is 9.67. The molecule has 0 N–H and O–H groups in total. The quantitative estimate of drug-likeness (QED) is 0.158. The third-order valence-electron chi connectivity index (χ3n) is 13.0. The molecule has 10 aromatic carbocycles. The maximum Gasteiger partial charge on any atom is 0.0159 e. The fraction of sp³-hybridized carbons (Fsp3) is 0.123. The van der Waals surface area contributed by atoms with Gasteiger partial charge in [-0.25, -0.2) is 0 Å². The SMILES string of the molecule is CC(C)(C)c1cc2ccc3ccc(-c4ccc(-c5ccc6c(c5)C(C)(C)c5cc(-c7ccc(-c8ccc9ccccc9c8)cc7)ccc5-6)cc4)c4ccc(c1)c2c34. The van der Waals surface area contributed by atoms with Crippen LogP contribution in [0, 0.1) is 0 Å². The lowest BCUT2D eigenvalue weighted by Gasteiger charge is -2.23. The first kappa shape index (κ1) is 33.8. The van der Waals surface area contributed by atoms with Crippen molar-refractivity contribution in [2.45, 2.75) is 45.4 Å². The molecule has 57 heavy (non-hydrogen) atoms. The molecule has 0 heteroatoms. The molecule has 0 saturated carbocycles. The minimum atomic E-state index is -0.114. The zero-order valence-electron chi connectivity index (χ0n) is 33.2. The summed E-state index contributed by atoms with van der Waals surface area (Å²) in [7, 11) is 0. The normalized spacial score (nSPS) is 13.5. The van der Waals surface area contributed by atoms with E-state index in [0.29, 0.717) is 0 Å². The van der Waals surface area contributed by atoms with Crippen LogP contribution in [0.3, 0.4) is 0 Å². The van der Waals surface area contributed by atoms with Crippen LogP contribution in [0.25, 0.3) is 98.7 Å². The fourth-order valence-electron chi connectivity index (χ4n) is 9.67. The topological polar surface area (TPSA) is 0 Å². The van der Waals surface area contributed by atoms with Crippen molar-refractivity contribution in [3.8, 4) is 55.6 Å². The molecule has 0 spiro atoms. The molecule has 1 aliphatic carbocycles. The second-order valence-electron chi connectivity index (χ2n) is 17.8. The zero-order chi connectivity index (χ0) is 38.6. The van der Waals surface area contributed by atoms with E-state index in [0.717, 1.165) is 0 Å². The summed E-state index contributed by atoms with van der Waals surface area (Å²) in [5.74, 6) is 0. The van der Waals surface area contributed by atoms with Crippen LogP contribution in [0.5, 0.6) is 0 Å². The zero-order valence-corrected chi connectivity index (χ0v) is 33.2. The molecule has 0 aliphatic heterocycles. The lowest BCUT2D eigenvalue weighted by atomic mass is 9.80. The molecule has 0 radical (unpaired) electrons. The van der Waals surface area contributed by atoms with Gasteiger partial charge in [0.05, 0.1) is 0 Å². The molecule has 0 bridgehead atoms. The van der Waals surface area contributed by atoms with E-state index in [4.69, 9.17) is 0 Å². The van der Waals surface area contributed by atoms with E-state index in [1.165, 1.54) is 115 Å². The molecule has 0 unspecified atom stereocenters. The maximum atomic E-state index is 2.43. The van der Waals surface area contributed by atoms with Gasteiger partial charge in [-0.1, -0.05) is 192 Å². The third-order valence-corrected chi connectivity index (χ3v) is 13.0. The van der Waals surface area contributed by atoms with Crippen LogP contribution in [-0.4, -0.2) is 0 Å². The van der Waals surface area contributed by atoms with Gasteiger partial charge in [0.1, 0.15) is 0 Å². The van der Waals surface area contributed by atoms with Crippen molar-refractivity contribution in [1.29, 1.82) is 0 Å². The summed E-state index contributed by atoms with van der Waals surface area (Å²) in [5.41, 5.74) is 16.9. The second-order valence-corrected chi connectivity index (χ2v) is 17.8. The molecule has 0 heterocycles. The Balaban J connectivity index is 0.893. The molecular weight excluding hydrogens is 685 g/mol. The Morgan fingerprint density at radius 1 is 0.333 bits per heavy atom. The Bertz CT molecular complexity index is 3180. The Morgan fingerprint density at radius 3 is 1.37 bits per heavy atom. The van der Waals surface area contributed by atoms with Gasteiger partial charge >= 0.3 is 0 Å². The van der Waals surface area contributed by atoms with Crippen LogP contribution in [0.4, 0.5) is 0 Å². The molecule has 0 aromatic heterocycles. The number of benzene rings is 10. The Hall–Kier alpha value is -6.50. The van der Waals surface area contributed by atoms with Crippen LogP contribution in [0.2, 0.25) is 0 Å². The van der Waals surface area contributed by atoms with Crippen LogP contribution >= 0.6 is 0 Å². The van der Waals surface area contributed by atoms with E-state index in [9.17, 15) is 0 Å². The summed E-state index contributed by atoms with van der Waals surface area (Å²) in [4.78, 5) is 0. The van der Waals surface area contributed by atoms with E-state index >= 15 is 0 Å². The molecule has 272 valence electrons. The Morgan fingerprint density at radius 2 is 0.772 bits per heavy atom. The maximum absolute atomic E-state index is 2.43. The van der Waals surface area contributed by atoms with Crippen molar-refractivity contribution in [2.24, 2.45) is 0 Å². The summed E-state index contributed by atoms with van der Waals surface area (Å²) in [6.07, 6.45) is 0. The summed E-state index contributed by atoms with van der Waals surface area (Å²) >= 11 is 0.